The summed E-state index contributed by atoms with van der Waals surface area (Å²) in [5, 5.41) is 5.65. The van der Waals surface area contributed by atoms with Crippen LogP contribution >= 0.6 is 11.3 Å². The van der Waals surface area contributed by atoms with Crippen molar-refractivity contribution < 1.29 is 18.7 Å². The fourth-order valence-corrected chi connectivity index (χ4v) is 3.42. The molecule has 4 aromatic rings. The molecule has 0 saturated carbocycles. The third-order valence-corrected chi connectivity index (χ3v) is 4.98. The van der Waals surface area contributed by atoms with E-state index in [9.17, 15) is 4.79 Å². The van der Waals surface area contributed by atoms with Crippen LogP contribution in [0.4, 0.5) is 5.69 Å². The summed E-state index contributed by atoms with van der Waals surface area (Å²) in [6.07, 6.45) is 0. The van der Waals surface area contributed by atoms with Gasteiger partial charge in [-0.2, -0.15) is 0 Å². The second kappa shape index (κ2) is 7.74. The molecule has 2 heterocycles. The largest absolute Gasteiger partial charge is 0.497 e. The zero-order valence-electron chi connectivity index (χ0n) is 15.4. The molecule has 4 rings (SSSR count). The summed E-state index contributed by atoms with van der Waals surface area (Å²) in [5.41, 5.74) is 4.56. The second-order valence-electron chi connectivity index (χ2n) is 6.14. The van der Waals surface area contributed by atoms with E-state index in [-0.39, 0.29) is 11.7 Å². The Hall–Kier alpha value is -3.32. The first-order chi connectivity index (χ1) is 13.7. The molecule has 0 aliphatic rings. The number of aromatic nitrogens is 1. The van der Waals surface area contributed by atoms with Gasteiger partial charge in [0.1, 0.15) is 23.7 Å². The highest BCUT2D eigenvalue weighted by Crippen LogP contribution is 2.30. The molecule has 0 aliphatic heterocycles. The number of nitrogens with zero attached hydrogens (tertiary/aromatic N) is 1. The monoisotopic (exact) mass is 394 g/mol. The Kier molecular flexibility index (Phi) is 4.99. The van der Waals surface area contributed by atoms with E-state index in [0.717, 1.165) is 16.6 Å². The topological polar surface area (TPSA) is 73.6 Å². The lowest BCUT2D eigenvalue weighted by Crippen LogP contribution is -2.13. The lowest BCUT2D eigenvalue weighted by Gasteiger charge is -2.11. The van der Waals surface area contributed by atoms with E-state index in [1.807, 2.05) is 30.5 Å². The molecule has 28 heavy (non-hydrogen) atoms. The fourth-order valence-electron chi connectivity index (χ4n) is 2.88. The first-order valence-electron chi connectivity index (χ1n) is 8.63. The van der Waals surface area contributed by atoms with Crippen molar-refractivity contribution in [1.29, 1.82) is 0 Å². The van der Waals surface area contributed by atoms with Crippen LogP contribution in [0.1, 0.15) is 21.8 Å². The van der Waals surface area contributed by atoms with Crippen LogP contribution in [-0.2, 0) is 6.61 Å². The number of rotatable bonds is 6. The number of fused-ring (bicyclic) bond motifs is 1. The van der Waals surface area contributed by atoms with E-state index in [1.165, 1.54) is 11.3 Å². The summed E-state index contributed by atoms with van der Waals surface area (Å²) >= 11 is 1.51. The Balaban J connectivity index is 1.57. The maximum absolute atomic E-state index is 12.8. The van der Waals surface area contributed by atoms with Gasteiger partial charge in [-0.05, 0) is 37.3 Å². The number of hydrogen-bond donors (Lipinski definition) is 1. The molecule has 0 radical (unpaired) electrons. The van der Waals surface area contributed by atoms with Gasteiger partial charge >= 0.3 is 0 Å². The number of furan rings is 1. The lowest BCUT2D eigenvalue weighted by atomic mass is 10.1. The predicted molar refractivity (Wildman–Crippen MR) is 108 cm³/mol. The molecule has 2 aromatic heterocycles. The summed E-state index contributed by atoms with van der Waals surface area (Å²) in [6.45, 7) is 2.19. The van der Waals surface area contributed by atoms with Crippen LogP contribution in [0.3, 0.4) is 0 Å². The summed E-state index contributed by atoms with van der Waals surface area (Å²) in [6, 6.07) is 12.7. The molecule has 2 aromatic carbocycles. The van der Waals surface area contributed by atoms with Crippen LogP contribution in [-0.4, -0.2) is 18.0 Å². The van der Waals surface area contributed by atoms with Crippen LogP contribution in [0.5, 0.6) is 11.5 Å². The minimum atomic E-state index is -0.336. The summed E-state index contributed by atoms with van der Waals surface area (Å²) in [7, 11) is 1.60. The van der Waals surface area contributed by atoms with Crippen LogP contribution in [0.2, 0.25) is 0 Å². The molecular weight excluding hydrogens is 376 g/mol. The van der Waals surface area contributed by atoms with Crippen molar-refractivity contribution in [3.8, 4) is 11.5 Å². The number of amides is 1. The smallest absolute Gasteiger partial charge is 0.291 e. The third kappa shape index (κ3) is 3.57. The Morgan fingerprint density at radius 2 is 2.11 bits per heavy atom. The molecule has 0 bridgehead atoms. The SMILES string of the molecule is COc1ccc2oc(C(=O)Nc3ccccc3OCc3cscn3)c(C)c2c1. The molecule has 0 spiro atoms. The number of nitrogens with one attached hydrogen (secondary N) is 1. The highest BCUT2D eigenvalue weighted by atomic mass is 32.1. The zero-order chi connectivity index (χ0) is 19.5. The highest BCUT2D eigenvalue weighted by molar-refractivity contribution is 7.07. The number of hydrogen-bond acceptors (Lipinski definition) is 6. The van der Waals surface area contributed by atoms with Gasteiger partial charge in [-0.15, -0.1) is 11.3 Å². The molecule has 142 valence electrons. The highest BCUT2D eigenvalue weighted by Gasteiger charge is 2.19. The lowest BCUT2D eigenvalue weighted by molar-refractivity contribution is 0.0997. The summed E-state index contributed by atoms with van der Waals surface area (Å²) in [5.74, 6) is 1.21. The summed E-state index contributed by atoms with van der Waals surface area (Å²) < 4.78 is 16.8. The number of methoxy groups -OCH3 is 1. The molecular formula is C21H18N2O4S. The van der Waals surface area contributed by atoms with Gasteiger partial charge in [0.05, 0.1) is 24.0 Å². The number of aryl methyl sites for hydroxylation is 1. The number of ether oxygens (including phenoxy) is 2. The maximum Gasteiger partial charge on any atom is 0.291 e. The van der Waals surface area contributed by atoms with Gasteiger partial charge in [-0.1, -0.05) is 12.1 Å². The van der Waals surface area contributed by atoms with E-state index < -0.39 is 0 Å². The van der Waals surface area contributed by atoms with Crippen molar-refractivity contribution >= 4 is 33.9 Å². The Morgan fingerprint density at radius 1 is 1.25 bits per heavy atom. The fraction of sp³-hybridized carbons (Fsp3) is 0.143. The van der Waals surface area contributed by atoms with Crippen molar-refractivity contribution in [2.24, 2.45) is 0 Å². The molecule has 1 amide bonds. The maximum atomic E-state index is 12.8. The minimum Gasteiger partial charge on any atom is -0.497 e. The van der Waals surface area contributed by atoms with Gasteiger partial charge in [0.25, 0.3) is 5.91 Å². The Labute approximate surface area is 165 Å². The average Bonchev–Trinajstić information content (AvgIpc) is 3.35. The van der Waals surface area contributed by atoms with Gasteiger partial charge in [0.2, 0.25) is 0 Å². The molecule has 6 nitrogen and oxygen atoms in total. The predicted octanol–water partition coefficient (Wildman–Crippen LogP) is 5.04. The van der Waals surface area contributed by atoms with E-state index in [1.54, 1.807) is 36.9 Å². The van der Waals surface area contributed by atoms with Crippen LogP contribution in [0.25, 0.3) is 11.0 Å². The molecule has 7 heteroatoms. The average molecular weight is 394 g/mol. The van der Waals surface area contributed by atoms with Crippen LogP contribution in [0.15, 0.2) is 57.8 Å². The Morgan fingerprint density at radius 3 is 2.89 bits per heavy atom. The molecule has 0 aliphatic carbocycles. The number of benzene rings is 2. The normalized spacial score (nSPS) is 10.8. The summed E-state index contributed by atoms with van der Waals surface area (Å²) in [4.78, 5) is 17.0. The van der Waals surface area contributed by atoms with E-state index in [2.05, 4.69) is 10.3 Å². The van der Waals surface area contributed by atoms with Gasteiger partial charge in [-0.25, -0.2) is 4.98 Å². The van der Waals surface area contributed by atoms with Crippen LogP contribution in [0, 0.1) is 6.92 Å². The van der Waals surface area contributed by atoms with Crippen LogP contribution < -0.4 is 14.8 Å². The Bertz CT molecular complexity index is 1120. The molecule has 0 atom stereocenters. The van der Waals surface area contributed by atoms with Crippen molar-refractivity contribution in [2.75, 3.05) is 12.4 Å². The number of carbonyl (C=O) groups is 1. The van der Waals surface area contributed by atoms with Crippen molar-refractivity contribution in [2.45, 2.75) is 13.5 Å². The second-order valence-corrected chi connectivity index (χ2v) is 6.86. The molecule has 0 saturated heterocycles. The number of anilines is 1. The minimum absolute atomic E-state index is 0.262. The standard InChI is InChI=1S/C21H18N2O4S/c1-13-16-9-15(25-2)7-8-18(16)27-20(13)21(24)23-17-5-3-4-6-19(17)26-10-14-11-28-12-22-14/h3-9,11-12H,10H2,1-2H3,(H,23,24). The van der Waals surface area contributed by atoms with Gasteiger partial charge in [0, 0.05) is 16.3 Å². The number of thiazole rings is 1. The molecule has 0 unspecified atom stereocenters. The van der Waals surface area contributed by atoms with Gasteiger partial charge in [0.15, 0.2) is 5.76 Å². The first kappa shape index (κ1) is 18.1. The zero-order valence-corrected chi connectivity index (χ0v) is 16.2. The molecule has 1 N–H and O–H groups in total. The quantitative estimate of drug-likeness (QED) is 0.496. The third-order valence-electron chi connectivity index (χ3n) is 4.34. The van der Waals surface area contributed by atoms with Crippen molar-refractivity contribution in [3.05, 3.63) is 70.4 Å². The first-order valence-corrected chi connectivity index (χ1v) is 9.57. The number of para-hydroxylation sites is 2. The van der Waals surface area contributed by atoms with Gasteiger partial charge < -0.3 is 19.2 Å². The molecule has 0 fully saturated rings. The van der Waals surface area contributed by atoms with E-state index in [4.69, 9.17) is 13.9 Å². The van der Waals surface area contributed by atoms with E-state index in [0.29, 0.717) is 29.4 Å². The van der Waals surface area contributed by atoms with Gasteiger partial charge in [-0.3, -0.25) is 4.79 Å². The van der Waals surface area contributed by atoms with Crippen molar-refractivity contribution in [3.63, 3.8) is 0 Å². The number of carbonyl (C=O) groups excluding carboxylic acids is 1. The van der Waals surface area contributed by atoms with E-state index >= 15 is 0 Å². The van der Waals surface area contributed by atoms with Crippen molar-refractivity contribution in [1.82, 2.24) is 4.98 Å².